The Morgan fingerprint density at radius 1 is 1.03 bits per heavy atom. The molecule has 1 heterocycles. The second-order valence-corrected chi connectivity index (χ2v) is 9.29. The van der Waals surface area contributed by atoms with E-state index in [0.717, 1.165) is 0 Å². The van der Waals surface area contributed by atoms with Crippen molar-refractivity contribution in [1.82, 2.24) is 9.21 Å². The molecule has 1 saturated heterocycles. The van der Waals surface area contributed by atoms with Crippen LogP contribution in [0.15, 0.2) is 47.4 Å². The standard InChI is InChI=1S/C20H22ClN3O4S/c1-14(25)15-4-3-5-16(12-15)22-20(26)18-13-17(6-7-19(18)21)29(27,28)24-10-8-23(2)9-11-24/h3-7,12-13H,8-11H2,1-2H3,(H,22,26). The number of nitrogens with zero attached hydrogens (tertiary/aromatic N) is 2. The van der Waals surface area contributed by atoms with E-state index in [9.17, 15) is 18.0 Å². The lowest BCUT2D eigenvalue weighted by Gasteiger charge is -2.31. The highest BCUT2D eigenvalue weighted by Gasteiger charge is 2.28. The number of sulfonamides is 1. The summed E-state index contributed by atoms with van der Waals surface area (Å²) in [6, 6.07) is 10.6. The molecular formula is C20H22ClN3O4S. The predicted molar refractivity (Wildman–Crippen MR) is 112 cm³/mol. The van der Waals surface area contributed by atoms with Gasteiger partial charge in [0.15, 0.2) is 5.78 Å². The van der Waals surface area contributed by atoms with Crippen LogP contribution in [0, 0.1) is 0 Å². The van der Waals surface area contributed by atoms with E-state index in [4.69, 9.17) is 11.6 Å². The molecule has 0 spiro atoms. The number of carbonyl (C=O) groups excluding carboxylic acids is 2. The second-order valence-electron chi connectivity index (χ2n) is 6.94. The molecule has 1 fully saturated rings. The Balaban J connectivity index is 1.86. The molecule has 7 nitrogen and oxygen atoms in total. The van der Waals surface area contributed by atoms with Crippen molar-refractivity contribution in [1.29, 1.82) is 0 Å². The zero-order chi connectivity index (χ0) is 21.2. The van der Waals surface area contributed by atoms with Crippen LogP contribution in [0.4, 0.5) is 5.69 Å². The third-order valence-electron chi connectivity index (χ3n) is 4.81. The maximum Gasteiger partial charge on any atom is 0.257 e. The quantitative estimate of drug-likeness (QED) is 0.729. The Morgan fingerprint density at radius 3 is 2.38 bits per heavy atom. The molecule has 1 aliphatic rings. The summed E-state index contributed by atoms with van der Waals surface area (Å²) in [5.74, 6) is -0.675. The second kappa shape index (κ2) is 8.62. The minimum atomic E-state index is -3.73. The summed E-state index contributed by atoms with van der Waals surface area (Å²) in [6.45, 7) is 3.51. The number of rotatable bonds is 5. The molecule has 0 bridgehead atoms. The van der Waals surface area contributed by atoms with E-state index in [1.807, 2.05) is 7.05 Å². The smallest absolute Gasteiger partial charge is 0.257 e. The predicted octanol–water partition coefficient (Wildman–Crippen LogP) is 2.73. The normalized spacial score (nSPS) is 15.8. The van der Waals surface area contributed by atoms with Crippen LogP contribution in [-0.4, -0.2) is 62.5 Å². The summed E-state index contributed by atoms with van der Waals surface area (Å²) >= 11 is 6.16. The van der Waals surface area contributed by atoms with Crippen LogP contribution < -0.4 is 5.32 Å². The lowest BCUT2D eigenvalue weighted by Crippen LogP contribution is -2.47. The van der Waals surface area contributed by atoms with Crippen LogP contribution in [0.5, 0.6) is 0 Å². The van der Waals surface area contributed by atoms with Gasteiger partial charge in [0, 0.05) is 37.4 Å². The minimum absolute atomic E-state index is 0.0223. The number of anilines is 1. The molecule has 0 saturated carbocycles. The molecule has 0 aliphatic carbocycles. The molecule has 0 radical (unpaired) electrons. The Morgan fingerprint density at radius 2 is 1.72 bits per heavy atom. The van der Waals surface area contributed by atoms with Gasteiger partial charge in [-0.15, -0.1) is 0 Å². The van der Waals surface area contributed by atoms with E-state index in [1.165, 1.54) is 29.4 Å². The van der Waals surface area contributed by atoms with Crippen molar-refractivity contribution < 1.29 is 18.0 Å². The fourth-order valence-corrected chi connectivity index (χ4v) is 4.68. The first kappa shape index (κ1) is 21.4. The molecular weight excluding hydrogens is 414 g/mol. The molecule has 2 aromatic carbocycles. The molecule has 154 valence electrons. The first-order chi connectivity index (χ1) is 13.7. The number of ketones is 1. The lowest BCUT2D eigenvalue weighted by molar-refractivity contribution is 0.101. The van der Waals surface area contributed by atoms with Gasteiger partial charge in [-0.1, -0.05) is 23.7 Å². The number of Topliss-reactive ketones (excluding diaryl/α,β-unsaturated/α-hetero) is 1. The van der Waals surface area contributed by atoms with Gasteiger partial charge in [-0.05, 0) is 44.3 Å². The van der Waals surface area contributed by atoms with Crippen molar-refractivity contribution in [2.45, 2.75) is 11.8 Å². The van der Waals surface area contributed by atoms with Crippen LogP contribution in [0.2, 0.25) is 5.02 Å². The summed E-state index contributed by atoms with van der Waals surface area (Å²) in [5.41, 5.74) is 0.932. The van der Waals surface area contributed by atoms with E-state index in [1.54, 1.807) is 24.3 Å². The monoisotopic (exact) mass is 435 g/mol. The van der Waals surface area contributed by atoms with Crippen LogP contribution in [0.3, 0.4) is 0 Å². The number of amides is 1. The van der Waals surface area contributed by atoms with Crippen molar-refractivity contribution >= 4 is 39.0 Å². The van der Waals surface area contributed by atoms with Crippen molar-refractivity contribution in [3.05, 3.63) is 58.6 Å². The highest BCUT2D eigenvalue weighted by molar-refractivity contribution is 7.89. The number of hydrogen-bond donors (Lipinski definition) is 1. The molecule has 3 rings (SSSR count). The third-order valence-corrected chi connectivity index (χ3v) is 7.03. The molecule has 1 aliphatic heterocycles. The molecule has 9 heteroatoms. The average molecular weight is 436 g/mol. The van der Waals surface area contributed by atoms with Gasteiger partial charge in [0.2, 0.25) is 10.0 Å². The molecule has 29 heavy (non-hydrogen) atoms. The first-order valence-electron chi connectivity index (χ1n) is 9.09. The van der Waals surface area contributed by atoms with Crippen molar-refractivity contribution in [2.75, 3.05) is 38.5 Å². The topological polar surface area (TPSA) is 86.8 Å². The fourth-order valence-electron chi connectivity index (χ4n) is 3.03. The number of likely N-dealkylation sites (N-methyl/N-ethyl adjacent to an activating group) is 1. The lowest BCUT2D eigenvalue weighted by atomic mass is 10.1. The van der Waals surface area contributed by atoms with E-state index >= 15 is 0 Å². The fraction of sp³-hybridized carbons (Fsp3) is 0.300. The molecule has 0 aromatic heterocycles. The van der Waals surface area contributed by atoms with Gasteiger partial charge in [0.1, 0.15) is 0 Å². The van der Waals surface area contributed by atoms with E-state index in [2.05, 4.69) is 10.2 Å². The van der Waals surface area contributed by atoms with Crippen molar-refractivity contribution in [3.63, 3.8) is 0 Å². The maximum absolute atomic E-state index is 13.0. The number of piperazine rings is 1. The number of hydrogen-bond acceptors (Lipinski definition) is 5. The molecule has 1 N–H and O–H groups in total. The largest absolute Gasteiger partial charge is 0.322 e. The van der Waals surface area contributed by atoms with Gasteiger partial charge in [-0.2, -0.15) is 4.31 Å². The summed E-state index contributed by atoms with van der Waals surface area (Å²) in [6.07, 6.45) is 0. The number of nitrogens with one attached hydrogen (secondary N) is 1. The van der Waals surface area contributed by atoms with E-state index in [-0.39, 0.29) is 21.3 Å². The molecule has 2 aromatic rings. The Bertz CT molecular complexity index is 1050. The Labute approximate surface area is 175 Å². The maximum atomic E-state index is 13.0. The third kappa shape index (κ3) is 4.84. The highest BCUT2D eigenvalue weighted by atomic mass is 35.5. The Hall–Kier alpha value is -2.26. The van der Waals surface area contributed by atoms with Gasteiger partial charge in [-0.3, -0.25) is 9.59 Å². The molecule has 1 amide bonds. The minimum Gasteiger partial charge on any atom is -0.322 e. The zero-order valence-electron chi connectivity index (χ0n) is 16.2. The van der Waals surface area contributed by atoms with Gasteiger partial charge in [0.25, 0.3) is 5.91 Å². The van der Waals surface area contributed by atoms with Crippen LogP contribution >= 0.6 is 11.6 Å². The van der Waals surface area contributed by atoms with Crippen LogP contribution in [0.1, 0.15) is 27.6 Å². The summed E-state index contributed by atoms with van der Waals surface area (Å²) < 4.78 is 27.3. The summed E-state index contributed by atoms with van der Waals surface area (Å²) in [4.78, 5) is 26.3. The number of carbonyl (C=O) groups is 2. The van der Waals surface area contributed by atoms with E-state index in [0.29, 0.717) is 37.4 Å². The molecule has 0 unspecified atom stereocenters. The SMILES string of the molecule is CC(=O)c1cccc(NC(=O)c2cc(S(=O)(=O)N3CCN(C)CC3)ccc2Cl)c1. The van der Waals surface area contributed by atoms with Crippen LogP contribution in [-0.2, 0) is 10.0 Å². The average Bonchev–Trinajstić information content (AvgIpc) is 2.68. The zero-order valence-corrected chi connectivity index (χ0v) is 17.8. The van der Waals surface area contributed by atoms with Crippen LogP contribution in [0.25, 0.3) is 0 Å². The number of halogens is 1. The van der Waals surface area contributed by atoms with Gasteiger partial charge < -0.3 is 10.2 Å². The Kier molecular flexibility index (Phi) is 6.38. The summed E-state index contributed by atoms with van der Waals surface area (Å²) in [7, 11) is -1.79. The van der Waals surface area contributed by atoms with E-state index < -0.39 is 15.9 Å². The number of benzene rings is 2. The highest BCUT2D eigenvalue weighted by Crippen LogP contribution is 2.25. The van der Waals surface area contributed by atoms with Crippen molar-refractivity contribution in [3.8, 4) is 0 Å². The van der Waals surface area contributed by atoms with Gasteiger partial charge in [-0.25, -0.2) is 8.42 Å². The summed E-state index contributed by atoms with van der Waals surface area (Å²) in [5, 5.41) is 2.81. The molecule has 0 atom stereocenters. The van der Waals surface area contributed by atoms with Crippen molar-refractivity contribution in [2.24, 2.45) is 0 Å². The first-order valence-corrected chi connectivity index (χ1v) is 10.9. The van der Waals surface area contributed by atoms with Gasteiger partial charge in [0.05, 0.1) is 15.5 Å². The van der Waals surface area contributed by atoms with Gasteiger partial charge >= 0.3 is 0 Å².